The number of hydrogen-bond acceptors (Lipinski definition) is 5. The van der Waals surface area contributed by atoms with Gasteiger partial charge in [-0.3, -0.25) is 10.1 Å². The molecule has 0 aliphatic heterocycles. The summed E-state index contributed by atoms with van der Waals surface area (Å²) in [5.74, 6) is 0.648. The SMILES string of the molecule is CC(C)C1(CNc2ncc([N+](=O)[O-])s2)CC1. The van der Waals surface area contributed by atoms with Crippen molar-refractivity contribution >= 4 is 21.5 Å². The maximum absolute atomic E-state index is 10.5. The highest BCUT2D eigenvalue weighted by Crippen LogP contribution is 2.51. The molecule has 1 heterocycles. The molecule has 0 saturated heterocycles. The Hall–Kier alpha value is -1.17. The molecule has 1 saturated carbocycles. The van der Waals surface area contributed by atoms with Crippen LogP contribution in [-0.2, 0) is 0 Å². The maximum Gasteiger partial charge on any atom is 0.345 e. The minimum absolute atomic E-state index is 0.0943. The molecule has 1 aliphatic carbocycles. The van der Waals surface area contributed by atoms with E-state index < -0.39 is 4.92 Å². The number of hydrogen-bond donors (Lipinski definition) is 1. The molecule has 6 heteroatoms. The molecule has 0 bridgehead atoms. The third-order valence-electron chi connectivity index (χ3n) is 3.38. The second-order valence-electron chi connectivity index (χ2n) is 4.63. The normalized spacial score (nSPS) is 17.4. The summed E-state index contributed by atoms with van der Waals surface area (Å²) in [6, 6.07) is 0. The highest BCUT2D eigenvalue weighted by molar-refractivity contribution is 7.18. The fourth-order valence-corrected chi connectivity index (χ4v) is 2.43. The molecule has 16 heavy (non-hydrogen) atoms. The Morgan fingerprint density at radius 2 is 2.38 bits per heavy atom. The second kappa shape index (κ2) is 4.01. The molecule has 88 valence electrons. The number of rotatable bonds is 5. The summed E-state index contributed by atoms with van der Waals surface area (Å²) in [5, 5.41) is 14.4. The lowest BCUT2D eigenvalue weighted by atomic mass is 9.92. The number of nitrogens with one attached hydrogen (secondary N) is 1. The van der Waals surface area contributed by atoms with E-state index in [1.165, 1.54) is 19.0 Å². The Bertz CT molecular complexity index is 399. The molecule has 0 atom stereocenters. The van der Waals surface area contributed by atoms with Gasteiger partial charge in [-0.15, -0.1) is 0 Å². The predicted molar refractivity (Wildman–Crippen MR) is 63.8 cm³/mol. The molecule has 0 unspecified atom stereocenters. The summed E-state index contributed by atoms with van der Waals surface area (Å²) in [5.41, 5.74) is 0.389. The quantitative estimate of drug-likeness (QED) is 0.635. The fraction of sp³-hybridized carbons (Fsp3) is 0.700. The van der Waals surface area contributed by atoms with Gasteiger partial charge in [0.2, 0.25) is 0 Å². The first kappa shape index (κ1) is 11.3. The number of nitrogens with zero attached hydrogens (tertiary/aromatic N) is 2. The molecule has 1 fully saturated rings. The van der Waals surface area contributed by atoms with Crippen molar-refractivity contribution in [3.63, 3.8) is 0 Å². The van der Waals surface area contributed by atoms with Gasteiger partial charge in [0.25, 0.3) is 0 Å². The molecule has 1 N–H and O–H groups in total. The van der Waals surface area contributed by atoms with Gasteiger partial charge in [0.1, 0.15) is 6.20 Å². The van der Waals surface area contributed by atoms with Crippen LogP contribution in [0.15, 0.2) is 6.20 Å². The van der Waals surface area contributed by atoms with Crippen molar-refractivity contribution in [3.05, 3.63) is 16.3 Å². The minimum Gasteiger partial charge on any atom is -0.361 e. The van der Waals surface area contributed by atoms with Crippen molar-refractivity contribution in [1.82, 2.24) is 4.98 Å². The van der Waals surface area contributed by atoms with Gasteiger partial charge in [-0.05, 0) is 35.5 Å². The van der Waals surface area contributed by atoms with E-state index in [-0.39, 0.29) is 5.00 Å². The van der Waals surface area contributed by atoms with E-state index in [1.54, 1.807) is 0 Å². The van der Waals surface area contributed by atoms with Gasteiger partial charge in [-0.1, -0.05) is 13.8 Å². The van der Waals surface area contributed by atoms with Crippen LogP contribution < -0.4 is 5.32 Å². The van der Waals surface area contributed by atoms with Gasteiger partial charge in [0.05, 0.1) is 4.92 Å². The van der Waals surface area contributed by atoms with Crippen LogP contribution in [0.2, 0.25) is 0 Å². The van der Waals surface area contributed by atoms with E-state index in [0.717, 1.165) is 17.9 Å². The molecular weight excluding hydrogens is 226 g/mol. The Labute approximate surface area is 98.0 Å². The largest absolute Gasteiger partial charge is 0.361 e. The molecular formula is C10H15N3O2S. The van der Waals surface area contributed by atoms with Crippen LogP contribution in [0.3, 0.4) is 0 Å². The summed E-state index contributed by atoms with van der Waals surface area (Å²) in [4.78, 5) is 14.1. The van der Waals surface area contributed by atoms with Crippen molar-refractivity contribution in [2.24, 2.45) is 11.3 Å². The molecule has 0 aromatic carbocycles. The smallest absolute Gasteiger partial charge is 0.345 e. The number of anilines is 1. The van der Waals surface area contributed by atoms with Gasteiger partial charge >= 0.3 is 5.00 Å². The molecule has 0 amide bonds. The lowest BCUT2D eigenvalue weighted by Gasteiger charge is -2.19. The van der Waals surface area contributed by atoms with Crippen molar-refractivity contribution in [2.75, 3.05) is 11.9 Å². The number of nitro groups is 1. The summed E-state index contributed by atoms with van der Waals surface area (Å²) in [6.45, 7) is 5.31. The standard InChI is InChI=1S/C10H15N3O2S/c1-7(2)10(3-4-10)6-12-9-11-5-8(16-9)13(14)15/h5,7H,3-4,6H2,1-2H3,(H,11,12). The molecule has 2 rings (SSSR count). The van der Waals surface area contributed by atoms with E-state index in [2.05, 4.69) is 24.1 Å². The average Bonchev–Trinajstić information content (AvgIpc) is 2.87. The van der Waals surface area contributed by atoms with Crippen molar-refractivity contribution in [1.29, 1.82) is 0 Å². The highest BCUT2D eigenvalue weighted by Gasteiger charge is 2.45. The summed E-state index contributed by atoms with van der Waals surface area (Å²) in [6.07, 6.45) is 3.79. The van der Waals surface area contributed by atoms with Crippen molar-refractivity contribution in [3.8, 4) is 0 Å². The first-order valence-corrected chi connectivity index (χ1v) is 6.19. The van der Waals surface area contributed by atoms with E-state index in [0.29, 0.717) is 16.5 Å². The van der Waals surface area contributed by atoms with E-state index in [1.807, 2.05) is 0 Å². The zero-order chi connectivity index (χ0) is 11.8. The first-order chi connectivity index (χ1) is 7.53. The number of aromatic nitrogens is 1. The summed E-state index contributed by atoms with van der Waals surface area (Å²) in [7, 11) is 0. The highest BCUT2D eigenvalue weighted by atomic mass is 32.1. The lowest BCUT2D eigenvalue weighted by Crippen LogP contribution is -2.20. The van der Waals surface area contributed by atoms with E-state index >= 15 is 0 Å². The van der Waals surface area contributed by atoms with Crippen molar-refractivity contribution in [2.45, 2.75) is 26.7 Å². The van der Waals surface area contributed by atoms with Gasteiger partial charge in [0.15, 0.2) is 5.13 Å². The van der Waals surface area contributed by atoms with Crippen LogP contribution in [0.1, 0.15) is 26.7 Å². The second-order valence-corrected chi connectivity index (χ2v) is 5.64. The third kappa shape index (κ3) is 2.16. The van der Waals surface area contributed by atoms with Gasteiger partial charge in [0, 0.05) is 6.54 Å². The maximum atomic E-state index is 10.5. The monoisotopic (exact) mass is 241 g/mol. The minimum atomic E-state index is -0.405. The van der Waals surface area contributed by atoms with E-state index in [4.69, 9.17) is 0 Å². The van der Waals surface area contributed by atoms with Gasteiger partial charge in [-0.25, -0.2) is 4.98 Å². The molecule has 0 spiro atoms. The number of thiazole rings is 1. The molecule has 5 nitrogen and oxygen atoms in total. The summed E-state index contributed by atoms with van der Waals surface area (Å²) < 4.78 is 0. The molecule has 1 aromatic heterocycles. The molecule has 0 radical (unpaired) electrons. The summed E-state index contributed by atoms with van der Waals surface area (Å²) >= 11 is 1.10. The average molecular weight is 241 g/mol. The van der Waals surface area contributed by atoms with Crippen LogP contribution in [0.5, 0.6) is 0 Å². The van der Waals surface area contributed by atoms with Crippen LogP contribution >= 0.6 is 11.3 Å². The predicted octanol–water partition coefficient (Wildman–Crippen LogP) is 2.90. The van der Waals surface area contributed by atoms with Gasteiger partial charge < -0.3 is 5.32 Å². The van der Waals surface area contributed by atoms with Crippen molar-refractivity contribution < 1.29 is 4.92 Å². The van der Waals surface area contributed by atoms with Gasteiger partial charge in [-0.2, -0.15) is 0 Å². The zero-order valence-electron chi connectivity index (χ0n) is 9.40. The van der Waals surface area contributed by atoms with Crippen LogP contribution in [0, 0.1) is 21.4 Å². The topological polar surface area (TPSA) is 68.1 Å². The molecule has 1 aromatic rings. The van der Waals surface area contributed by atoms with Crippen LogP contribution in [0.25, 0.3) is 0 Å². The van der Waals surface area contributed by atoms with Crippen LogP contribution in [0.4, 0.5) is 10.1 Å². The Balaban J connectivity index is 1.92. The van der Waals surface area contributed by atoms with E-state index in [9.17, 15) is 10.1 Å². The molecule has 1 aliphatic rings. The van der Waals surface area contributed by atoms with Crippen LogP contribution in [-0.4, -0.2) is 16.5 Å². The fourth-order valence-electron chi connectivity index (χ4n) is 1.80. The zero-order valence-corrected chi connectivity index (χ0v) is 10.2. The Kier molecular flexibility index (Phi) is 2.84. The Morgan fingerprint density at radius 1 is 1.69 bits per heavy atom. The first-order valence-electron chi connectivity index (χ1n) is 5.38. The third-order valence-corrected chi connectivity index (χ3v) is 4.29. The Morgan fingerprint density at radius 3 is 2.81 bits per heavy atom. The lowest BCUT2D eigenvalue weighted by molar-refractivity contribution is -0.380.